The number of para-hydroxylation sites is 2. The lowest BCUT2D eigenvalue weighted by Gasteiger charge is -2.09. The smallest absolute Gasteiger partial charge is 0.347 e. The molecule has 1 heterocycles. The van der Waals surface area contributed by atoms with E-state index < -0.39 is 16.0 Å². The van der Waals surface area contributed by atoms with E-state index in [1.807, 2.05) is 0 Å². The van der Waals surface area contributed by atoms with E-state index in [2.05, 4.69) is 4.72 Å². The van der Waals surface area contributed by atoms with Crippen LogP contribution in [0.4, 0.5) is 11.4 Å². The minimum absolute atomic E-state index is 0.213. The molecule has 0 fully saturated rings. The van der Waals surface area contributed by atoms with Gasteiger partial charge in [-0.05, 0) is 23.6 Å². The Balaban J connectivity index is 2.41. The molecule has 0 saturated carbocycles. The molecule has 4 N–H and O–H groups in total. The number of aromatic carboxylic acids is 1. The van der Waals surface area contributed by atoms with Crippen molar-refractivity contribution in [2.45, 2.75) is 4.90 Å². The van der Waals surface area contributed by atoms with Gasteiger partial charge in [0, 0.05) is 0 Å². The van der Waals surface area contributed by atoms with Gasteiger partial charge in [-0.1, -0.05) is 12.1 Å². The Morgan fingerprint density at radius 3 is 2.58 bits per heavy atom. The Morgan fingerprint density at radius 2 is 1.95 bits per heavy atom. The van der Waals surface area contributed by atoms with Gasteiger partial charge in [0.1, 0.15) is 9.77 Å². The standard InChI is InChI=1S/C11H10N2O4S2/c12-7-3-1-2-4-8(7)13-19(16,17)9-5-6-18-10(9)11(14)15/h1-6,13H,12H2,(H,14,15). The maximum atomic E-state index is 12.1. The number of sulfonamides is 1. The van der Waals surface area contributed by atoms with Crippen LogP contribution < -0.4 is 10.5 Å². The Morgan fingerprint density at radius 1 is 1.26 bits per heavy atom. The van der Waals surface area contributed by atoms with Crippen molar-refractivity contribution in [1.29, 1.82) is 0 Å². The van der Waals surface area contributed by atoms with Crippen molar-refractivity contribution in [3.63, 3.8) is 0 Å². The molecule has 1 aromatic heterocycles. The first-order valence-electron chi connectivity index (χ1n) is 5.10. The van der Waals surface area contributed by atoms with Crippen molar-refractivity contribution in [2.24, 2.45) is 0 Å². The fraction of sp³-hybridized carbons (Fsp3) is 0. The molecule has 0 bridgehead atoms. The Kier molecular flexibility index (Phi) is 3.45. The summed E-state index contributed by atoms with van der Waals surface area (Å²) >= 11 is 0.849. The minimum atomic E-state index is -3.97. The number of carboxylic acid groups (broad SMARTS) is 1. The SMILES string of the molecule is Nc1ccccc1NS(=O)(=O)c1ccsc1C(=O)O. The van der Waals surface area contributed by atoms with Gasteiger partial charge in [-0.2, -0.15) is 0 Å². The fourth-order valence-corrected chi connectivity index (χ4v) is 3.80. The molecule has 19 heavy (non-hydrogen) atoms. The van der Waals surface area contributed by atoms with E-state index in [4.69, 9.17) is 10.8 Å². The van der Waals surface area contributed by atoms with E-state index in [1.165, 1.54) is 17.5 Å². The van der Waals surface area contributed by atoms with E-state index in [9.17, 15) is 13.2 Å². The fourth-order valence-electron chi connectivity index (χ4n) is 1.45. The number of anilines is 2. The van der Waals surface area contributed by atoms with Gasteiger partial charge < -0.3 is 10.8 Å². The predicted octanol–water partition coefficient (Wildman–Crippen LogP) is 1.83. The van der Waals surface area contributed by atoms with Crippen molar-refractivity contribution >= 4 is 38.7 Å². The van der Waals surface area contributed by atoms with Crippen LogP contribution in [0.5, 0.6) is 0 Å². The molecular weight excluding hydrogens is 288 g/mol. The van der Waals surface area contributed by atoms with Crippen molar-refractivity contribution in [2.75, 3.05) is 10.5 Å². The van der Waals surface area contributed by atoms with Crippen LogP contribution in [0.2, 0.25) is 0 Å². The number of hydrogen-bond donors (Lipinski definition) is 3. The third-order valence-corrected chi connectivity index (χ3v) is 4.76. The molecule has 0 amide bonds. The summed E-state index contributed by atoms with van der Waals surface area (Å²) in [5.41, 5.74) is 6.11. The molecule has 2 aromatic rings. The van der Waals surface area contributed by atoms with Gasteiger partial charge in [-0.15, -0.1) is 11.3 Å². The van der Waals surface area contributed by atoms with E-state index in [-0.39, 0.29) is 21.1 Å². The molecule has 8 heteroatoms. The molecule has 2 rings (SSSR count). The van der Waals surface area contributed by atoms with Gasteiger partial charge in [0.05, 0.1) is 11.4 Å². The molecule has 0 aliphatic carbocycles. The molecule has 0 radical (unpaired) electrons. The number of carbonyl (C=O) groups is 1. The Hall–Kier alpha value is -2.06. The van der Waals surface area contributed by atoms with Crippen LogP contribution >= 0.6 is 11.3 Å². The third kappa shape index (κ3) is 2.69. The highest BCUT2D eigenvalue weighted by atomic mass is 32.2. The predicted molar refractivity (Wildman–Crippen MR) is 72.9 cm³/mol. The maximum Gasteiger partial charge on any atom is 0.347 e. The average molecular weight is 298 g/mol. The summed E-state index contributed by atoms with van der Waals surface area (Å²) < 4.78 is 26.5. The zero-order valence-electron chi connectivity index (χ0n) is 9.53. The number of nitrogens with one attached hydrogen (secondary N) is 1. The summed E-state index contributed by atoms with van der Waals surface area (Å²) in [5, 5.41) is 10.3. The van der Waals surface area contributed by atoms with Crippen LogP contribution in [-0.4, -0.2) is 19.5 Å². The zero-order chi connectivity index (χ0) is 14.0. The Bertz CT molecular complexity index is 722. The third-order valence-electron chi connectivity index (χ3n) is 2.32. The van der Waals surface area contributed by atoms with Crippen LogP contribution in [-0.2, 0) is 10.0 Å². The van der Waals surface area contributed by atoms with Crippen molar-refractivity contribution < 1.29 is 18.3 Å². The summed E-state index contributed by atoms with van der Waals surface area (Å²) in [6, 6.07) is 7.58. The number of thiophene rings is 1. The summed E-state index contributed by atoms with van der Waals surface area (Å²) in [4.78, 5) is 10.4. The minimum Gasteiger partial charge on any atom is -0.477 e. The molecule has 0 unspecified atom stereocenters. The lowest BCUT2D eigenvalue weighted by Crippen LogP contribution is -2.16. The maximum absolute atomic E-state index is 12.1. The van der Waals surface area contributed by atoms with Gasteiger partial charge in [-0.25, -0.2) is 13.2 Å². The molecule has 0 aliphatic rings. The van der Waals surface area contributed by atoms with Gasteiger partial charge >= 0.3 is 5.97 Å². The number of carboxylic acids is 1. The largest absolute Gasteiger partial charge is 0.477 e. The monoisotopic (exact) mass is 298 g/mol. The number of hydrogen-bond acceptors (Lipinski definition) is 5. The molecular formula is C11H10N2O4S2. The summed E-state index contributed by atoms with van der Waals surface area (Å²) in [5.74, 6) is -1.28. The van der Waals surface area contributed by atoms with Crippen molar-refractivity contribution in [3.8, 4) is 0 Å². The normalized spacial score (nSPS) is 11.2. The van der Waals surface area contributed by atoms with Crippen LogP contribution in [0.3, 0.4) is 0 Å². The van der Waals surface area contributed by atoms with E-state index >= 15 is 0 Å². The first-order chi connectivity index (χ1) is 8.92. The molecule has 6 nitrogen and oxygen atoms in total. The highest BCUT2D eigenvalue weighted by molar-refractivity contribution is 7.93. The second-order valence-electron chi connectivity index (χ2n) is 3.61. The number of benzene rings is 1. The topological polar surface area (TPSA) is 109 Å². The van der Waals surface area contributed by atoms with Crippen LogP contribution in [0, 0.1) is 0 Å². The van der Waals surface area contributed by atoms with Gasteiger partial charge in [0.25, 0.3) is 10.0 Å². The van der Waals surface area contributed by atoms with Crippen LogP contribution in [0.1, 0.15) is 9.67 Å². The summed E-state index contributed by atoms with van der Waals surface area (Å²) in [6.07, 6.45) is 0. The van der Waals surface area contributed by atoms with E-state index in [1.54, 1.807) is 18.2 Å². The lowest BCUT2D eigenvalue weighted by molar-refractivity contribution is 0.0698. The zero-order valence-corrected chi connectivity index (χ0v) is 11.2. The number of nitrogen functional groups attached to an aromatic ring is 1. The Labute approximate surface area is 113 Å². The quantitative estimate of drug-likeness (QED) is 0.746. The summed E-state index contributed by atoms with van der Waals surface area (Å²) in [6.45, 7) is 0. The molecule has 1 aromatic carbocycles. The van der Waals surface area contributed by atoms with Crippen molar-refractivity contribution in [1.82, 2.24) is 0 Å². The van der Waals surface area contributed by atoms with Crippen LogP contribution in [0.15, 0.2) is 40.6 Å². The molecule has 0 saturated heterocycles. The number of nitrogens with two attached hydrogens (primary N) is 1. The second-order valence-corrected chi connectivity index (χ2v) is 6.18. The second kappa shape index (κ2) is 4.90. The molecule has 100 valence electrons. The lowest BCUT2D eigenvalue weighted by atomic mass is 10.3. The van der Waals surface area contributed by atoms with E-state index in [0.29, 0.717) is 0 Å². The highest BCUT2D eigenvalue weighted by Gasteiger charge is 2.24. The van der Waals surface area contributed by atoms with Crippen LogP contribution in [0.25, 0.3) is 0 Å². The van der Waals surface area contributed by atoms with E-state index in [0.717, 1.165) is 11.3 Å². The summed E-state index contributed by atoms with van der Waals surface area (Å²) in [7, 11) is -3.97. The first-order valence-corrected chi connectivity index (χ1v) is 7.46. The molecule has 0 aliphatic heterocycles. The molecule has 0 atom stereocenters. The van der Waals surface area contributed by atoms with Gasteiger partial charge in [-0.3, -0.25) is 4.72 Å². The van der Waals surface area contributed by atoms with Gasteiger partial charge in [0.2, 0.25) is 0 Å². The average Bonchev–Trinajstić information content (AvgIpc) is 2.82. The van der Waals surface area contributed by atoms with Gasteiger partial charge in [0.15, 0.2) is 0 Å². The highest BCUT2D eigenvalue weighted by Crippen LogP contribution is 2.26. The number of rotatable bonds is 4. The first kappa shape index (κ1) is 13.4. The van der Waals surface area contributed by atoms with Crippen molar-refractivity contribution in [3.05, 3.63) is 40.6 Å². The molecule has 0 spiro atoms.